The summed E-state index contributed by atoms with van der Waals surface area (Å²) in [5.74, 6) is 0.0595. The topological polar surface area (TPSA) is 62.5 Å². The lowest BCUT2D eigenvalue weighted by molar-refractivity contribution is -0.132. The van der Waals surface area contributed by atoms with Crippen LogP contribution in [0.15, 0.2) is 34.5 Å². The van der Waals surface area contributed by atoms with Gasteiger partial charge in [-0.25, -0.2) is 4.79 Å². The minimum Gasteiger partial charge on any atom is -0.478 e. The number of carboxylic acid groups (broad SMARTS) is 1. The number of aliphatic carboxylic acids is 1. The Balaban J connectivity index is 2.12. The summed E-state index contributed by atoms with van der Waals surface area (Å²) in [6.45, 7) is 2.92. The van der Waals surface area contributed by atoms with Crippen LogP contribution in [0.3, 0.4) is 0 Å². The van der Waals surface area contributed by atoms with Crippen molar-refractivity contribution < 1.29 is 14.3 Å². The lowest BCUT2D eigenvalue weighted by Gasteiger charge is -1.99. The first-order valence-electron chi connectivity index (χ1n) is 4.83. The number of hydrogen-bond acceptors (Lipinski definition) is 3. The molecule has 0 aromatic carbocycles. The summed E-state index contributed by atoms with van der Waals surface area (Å²) < 4.78 is 5.15. The van der Waals surface area contributed by atoms with Crippen molar-refractivity contribution in [3.8, 4) is 0 Å². The maximum atomic E-state index is 10.4. The SMILES string of the molecule is C/C(=C/CNCCc1ccco1)C(=O)O. The van der Waals surface area contributed by atoms with Gasteiger partial charge >= 0.3 is 5.97 Å². The molecule has 0 aliphatic rings. The lowest BCUT2D eigenvalue weighted by Crippen LogP contribution is -2.17. The minimum absolute atomic E-state index is 0.362. The number of carboxylic acids is 1. The third-order valence-electron chi connectivity index (χ3n) is 2.02. The highest BCUT2D eigenvalue weighted by Gasteiger charge is 1.98. The van der Waals surface area contributed by atoms with Crippen LogP contribution in [0.25, 0.3) is 0 Å². The molecule has 4 nitrogen and oxygen atoms in total. The van der Waals surface area contributed by atoms with Crippen molar-refractivity contribution in [2.75, 3.05) is 13.1 Å². The van der Waals surface area contributed by atoms with Crippen LogP contribution >= 0.6 is 0 Å². The molecule has 2 N–H and O–H groups in total. The molecule has 0 aliphatic heterocycles. The van der Waals surface area contributed by atoms with Crippen molar-refractivity contribution in [1.82, 2.24) is 5.32 Å². The molecular weight excluding hydrogens is 194 g/mol. The van der Waals surface area contributed by atoms with E-state index >= 15 is 0 Å². The van der Waals surface area contributed by atoms with E-state index in [2.05, 4.69) is 5.32 Å². The highest BCUT2D eigenvalue weighted by atomic mass is 16.4. The molecule has 0 saturated heterocycles. The van der Waals surface area contributed by atoms with Crippen LogP contribution in [-0.2, 0) is 11.2 Å². The standard InChI is InChI=1S/C11H15NO3/c1-9(11(13)14)4-6-12-7-5-10-3-2-8-15-10/h2-4,8,12H,5-7H2,1H3,(H,13,14)/b9-4-. The number of furan rings is 1. The predicted octanol–water partition coefficient (Wildman–Crippen LogP) is 1.44. The first-order chi connectivity index (χ1) is 7.20. The maximum Gasteiger partial charge on any atom is 0.330 e. The normalized spacial score (nSPS) is 11.7. The molecule has 4 heteroatoms. The van der Waals surface area contributed by atoms with Crippen molar-refractivity contribution in [3.63, 3.8) is 0 Å². The van der Waals surface area contributed by atoms with Crippen LogP contribution in [0.4, 0.5) is 0 Å². The Bertz CT molecular complexity index is 328. The van der Waals surface area contributed by atoms with Crippen molar-refractivity contribution in [3.05, 3.63) is 35.8 Å². The molecule has 0 bridgehead atoms. The van der Waals surface area contributed by atoms with E-state index in [1.54, 1.807) is 19.3 Å². The van der Waals surface area contributed by atoms with E-state index in [1.165, 1.54) is 0 Å². The Labute approximate surface area is 88.6 Å². The van der Waals surface area contributed by atoms with Gasteiger partial charge in [0.05, 0.1) is 6.26 Å². The number of rotatable bonds is 6. The summed E-state index contributed by atoms with van der Waals surface area (Å²) in [7, 11) is 0. The number of hydrogen-bond donors (Lipinski definition) is 2. The van der Waals surface area contributed by atoms with Gasteiger partial charge in [0.15, 0.2) is 0 Å². The van der Waals surface area contributed by atoms with E-state index < -0.39 is 5.97 Å². The third-order valence-corrected chi connectivity index (χ3v) is 2.02. The van der Waals surface area contributed by atoms with Gasteiger partial charge in [0, 0.05) is 25.1 Å². The Morgan fingerprint density at radius 1 is 1.67 bits per heavy atom. The molecule has 1 rings (SSSR count). The van der Waals surface area contributed by atoms with Crippen LogP contribution in [0.5, 0.6) is 0 Å². The second kappa shape index (κ2) is 6.03. The van der Waals surface area contributed by atoms with Gasteiger partial charge in [0.1, 0.15) is 5.76 Å². The Morgan fingerprint density at radius 3 is 3.07 bits per heavy atom. The predicted molar refractivity (Wildman–Crippen MR) is 56.7 cm³/mol. The largest absolute Gasteiger partial charge is 0.478 e. The summed E-state index contributed by atoms with van der Waals surface area (Å²) >= 11 is 0. The van der Waals surface area contributed by atoms with E-state index in [0.717, 1.165) is 18.7 Å². The molecule has 0 fully saturated rings. The molecule has 0 atom stereocenters. The summed E-state index contributed by atoms with van der Waals surface area (Å²) in [6.07, 6.45) is 4.11. The summed E-state index contributed by atoms with van der Waals surface area (Å²) in [6, 6.07) is 3.77. The van der Waals surface area contributed by atoms with E-state index in [0.29, 0.717) is 12.1 Å². The lowest BCUT2D eigenvalue weighted by atomic mass is 10.3. The Kier molecular flexibility index (Phi) is 4.63. The average Bonchev–Trinajstić information content (AvgIpc) is 2.69. The van der Waals surface area contributed by atoms with Gasteiger partial charge in [-0.2, -0.15) is 0 Å². The van der Waals surface area contributed by atoms with Crippen LogP contribution in [0, 0.1) is 0 Å². The van der Waals surface area contributed by atoms with Gasteiger partial charge < -0.3 is 14.8 Å². The van der Waals surface area contributed by atoms with E-state index in [4.69, 9.17) is 9.52 Å². The fourth-order valence-electron chi connectivity index (χ4n) is 1.08. The molecule has 15 heavy (non-hydrogen) atoms. The van der Waals surface area contributed by atoms with Gasteiger partial charge in [-0.15, -0.1) is 0 Å². The van der Waals surface area contributed by atoms with Gasteiger partial charge in [0.25, 0.3) is 0 Å². The highest BCUT2D eigenvalue weighted by Crippen LogP contribution is 1.99. The second-order valence-electron chi connectivity index (χ2n) is 3.23. The molecule has 1 aromatic heterocycles. The first kappa shape index (κ1) is 11.5. The number of nitrogens with one attached hydrogen (secondary N) is 1. The smallest absolute Gasteiger partial charge is 0.330 e. The maximum absolute atomic E-state index is 10.4. The summed E-state index contributed by atoms with van der Waals surface area (Å²) in [5.41, 5.74) is 0.362. The molecule has 1 aromatic rings. The van der Waals surface area contributed by atoms with Gasteiger partial charge in [-0.05, 0) is 19.1 Å². The zero-order valence-corrected chi connectivity index (χ0v) is 8.69. The number of carbonyl (C=O) groups is 1. The van der Waals surface area contributed by atoms with Crippen molar-refractivity contribution >= 4 is 5.97 Å². The van der Waals surface area contributed by atoms with Crippen molar-refractivity contribution in [2.45, 2.75) is 13.3 Å². The Morgan fingerprint density at radius 2 is 2.47 bits per heavy atom. The summed E-state index contributed by atoms with van der Waals surface area (Å²) in [4.78, 5) is 10.4. The van der Waals surface area contributed by atoms with E-state index in [9.17, 15) is 4.79 Å². The van der Waals surface area contributed by atoms with Crippen LogP contribution < -0.4 is 5.32 Å². The van der Waals surface area contributed by atoms with E-state index in [1.807, 2.05) is 12.1 Å². The Hall–Kier alpha value is -1.55. The van der Waals surface area contributed by atoms with Crippen molar-refractivity contribution in [2.24, 2.45) is 0 Å². The molecule has 0 radical (unpaired) electrons. The molecule has 1 heterocycles. The van der Waals surface area contributed by atoms with Crippen LogP contribution in [0.2, 0.25) is 0 Å². The zero-order valence-electron chi connectivity index (χ0n) is 8.69. The molecule has 0 aliphatic carbocycles. The fourth-order valence-corrected chi connectivity index (χ4v) is 1.08. The molecule has 82 valence electrons. The molecule has 0 unspecified atom stereocenters. The van der Waals surface area contributed by atoms with Crippen LogP contribution in [0.1, 0.15) is 12.7 Å². The van der Waals surface area contributed by atoms with Gasteiger partial charge in [-0.3, -0.25) is 0 Å². The van der Waals surface area contributed by atoms with Crippen LogP contribution in [-0.4, -0.2) is 24.2 Å². The zero-order chi connectivity index (χ0) is 11.1. The average molecular weight is 209 g/mol. The molecular formula is C11H15NO3. The van der Waals surface area contributed by atoms with Crippen molar-refractivity contribution in [1.29, 1.82) is 0 Å². The quantitative estimate of drug-likeness (QED) is 0.549. The summed E-state index contributed by atoms with van der Waals surface area (Å²) in [5, 5.41) is 11.7. The minimum atomic E-state index is -0.872. The first-order valence-corrected chi connectivity index (χ1v) is 4.83. The van der Waals surface area contributed by atoms with E-state index in [-0.39, 0.29) is 0 Å². The monoisotopic (exact) mass is 209 g/mol. The molecule has 0 spiro atoms. The third kappa shape index (κ3) is 4.46. The molecule has 0 amide bonds. The highest BCUT2D eigenvalue weighted by molar-refractivity contribution is 5.85. The fraction of sp³-hybridized carbons (Fsp3) is 0.364. The second-order valence-corrected chi connectivity index (χ2v) is 3.23. The van der Waals surface area contributed by atoms with Gasteiger partial charge in [-0.1, -0.05) is 6.08 Å². The van der Waals surface area contributed by atoms with Gasteiger partial charge in [0.2, 0.25) is 0 Å². The molecule has 0 saturated carbocycles.